The molecule has 1 amide bonds. The van der Waals surface area contributed by atoms with E-state index in [9.17, 15) is 13.2 Å². The summed E-state index contributed by atoms with van der Waals surface area (Å²) in [7, 11) is 0.111. The number of rotatable bonds is 7. The van der Waals surface area contributed by atoms with Crippen LogP contribution >= 0.6 is 11.6 Å². The van der Waals surface area contributed by atoms with Crippen LogP contribution in [0, 0.1) is 0 Å². The van der Waals surface area contributed by atoms with Gasteiger partial charge in [0.25, 0.3) is 15.9 Å². The molecule has 0 aliphatic rings. The average molecular weight is 444 g/mol. The van der Waals surface area contributed by atoms with Gasteiger partial charge in [0.1, 0.15) is 0 Å². The molecule has 30 heavy (non-hydrogen) atoms. The summed E-state index contributed by atoms with van der Waals surface area (Å²) in [5.74, 6) is -0.283. The van der Waals surface area contributed by atoms with Gasteiger partial charge in [-0.1, -0.05) is 35.9 Å². The highest BCUT2D eigenvalue weighted by Crippen LogP contribution is 2.24. The van der Waals surface area contributed by atoms with Gasteiger partial charge in [-0.15, -0.1) is 0 Å². The fraction of sp³-hybridized carbons (Fsp3) is 0.136. The number of carbonyl (C=O) groups is 1. The van der Waals surface area contributed by atoms with Gasteiger partial charge in [0.15, 0.2) is 0 Å². The monoisotopic (exact) mass is 443 g/mol. The van der Waals surface area contributed by atoms with Crippen LogP contribution in [-0.2, 0) is 16.6 Å². The van der Waals surface area contributed by atoms with Gasteiger partial charge in [-0.3, -0.25) is 9.52 Å². The largest absolute Gasteiger partial charge is 0.378 e. The maximum atomic E-state index is 12.5. The first-order valence-corrected chi connectivity index (χ1v) is 11.0. The van der Waals surface area contributed by atoms with E-state index in [0.29, 0.717) is 22.8 Å². The molecule has 3 aromatic carbocycles. The molecular weight excluding hydrogens is 422 g/mol. The maximum absolute atomic E-state index is 12.5. The fourth-order valence-corrected chi connectivity index (χ4v) is 4.05. The summed E-state index contributed by atoms with van der Waals surface area (Å²) in [6, 6.07) is 20.2. The molecule has 0 saturated heterocycles. The van der Waals surface area contributed by atoms with Gasteiger partial charge in [-0.05, 0) is 54.1 Å². The molecule has 0 atom stereocenters. The minimum atomic E-state index is -3.81. The van der Waals surface area contributed by atoms with Crippen LogP contribution in [0.25, 0.3) is 0 Å². The molecule has 6 nitrogen and oxygen atoms in total. The number of nitrogens with zero attached hydrogens (tertiary/aromatic N) is 1. The molecule has 0 saturated carbocycles. The number of hydrogen-bond acceptors (Lipinski definition) is 4. The minimum absolute atomic E-state index is 0.0400. The highest BCUT2D eigenvalue weighted by atomic mass is 35.5. The van der Waals surface area contributed by atoms with Gasteiger partial charge in [0.2, 0.25) is 0 Å². The summed E-state index contributed by atoms with van der Waals surface area (Å²) in [4.78, 5) is 14.4. The van der Waals surface area contributed by atoms with Crippen molar-refractivity contribution >= 4 is 38.9 Å². The fourth-order valence-electron chi connectivity index (χ4n) is 2.73. The molecular formula is C22H22ClN3O3S. The third-order valence-corrected chi connectivity index (χ3v) is 6.16. The van der Waals surface area contributed by atoms with Crippen molar-refractivity contribution in [2.75, 3.05) is 23.7 Å². The molecule has 0 unspecified atom stereocenters. The smallest absolute Gasteiger partial charge is 0.261 e. The van der Waals surface area contributed by atoms with E-state index in [1.165, 1.54) is 24.3 Å². The van der Waals surface area contributed by atoms with E-state index in [-0.39, 0.29) is 10.8 Å². The number of sulfonamides is 1. The van der Waals surface area contributed by atoms with E-state index < -0.39 is 10.0 Å². The van der Waals surface area contributed by atoms with E-state index >= 15 is 0 Å². The highest BCUT2D eigenvalue weighted by Gasteiger charge is 2.16. The predicted octanol–water partition coefficient (Wildman–Crippen LogP) is 4.14. The second-order valence-electron chi connectivity index (χ2n) is 6.85. The van der Waals surface area contributed by atoms with Crippen molar-refractivity contribution in [3.63, 3.8) is 0 Å². The van der Waals surface area contributed by atoms with E-state index in [0.717, 1.165) is 11.3 Å². The molecule has 0 aromatic heterocycles. The van der Waals surface area contributed by atoms with E-state index in [2.05, 4.69) is 10.0 Å². The second-order valence-corrected chi connectivity index (χ2v) is 8.94. The Balaban J connectivity index is 1.64. The molecule has 156 valence electrons. The molecule has 0 fully saturated rings. The van der Waals surface area contributed by atoms with E-state index in [4.69, 9.17) is 11.6 Å². The Kier molecular flexibility index (Phi) is 6.64. The number of benzene rings is 3. The average Bonchev–Trinajstić information content (AvgIpc) is 2.74. The standard InChI is InChI=1S/C22H22ClN3O3S/c1-26(2)18-11-7-16(8-12-18)15-24-22(27)17-9-13-19(14-10-17)30(28,29)25-21-6-4-3-5-20(21)23/h3-14,25H,15H2,1-2H3,(H,24,27). The Bertz CT molecular complexity index is 1130. The lowest BCUT2D eigenvalue weighted by molar-refractivity contribution is 0.0951. The molecule has 0 aliphatic heterocycles. The van der Waals surface area contributed by atoms with Crippen LogP contribution < -0.4 is 14.9 Å². The van der Waals surface area contributed by atoms with Crippen molar-refractivity contribution in [2.24, 2.45) is 0 Å². The van der Waals surface area contributed by atoms with Crippen LogP contribution in [-0.4, -0.2) is 28.4 Å². The zero-order valence-corrected chi connectivity index (χ0v) is 18.2. The number of amides is 1. The molecule has 0 heterocycles. The molecule has 0 bridgehead atoms. The number of halogens is 1. The summed E-state index contributed by atoms with van der Waals surface area (Å²) in [5, 5.41) is 3.14. The van der Waals surface area contributed by atoms with Crippen LogP contribution in [0.1, 0.15) is 15.9 Å². The Morgan fingerprint density at radius 3 is 2.17 bits per heavy atom. The van der Waals surface area contributed by atoms with Gasteiger partial charge < -0.3 is 10.2 Å². The van der Waals surface area contributed by atoms with Crippen LogP contribution in [0.2, 0.25) is 5.02 Å². The quantitative estimate of drug-likeness (QED) is 0.575. The zero-order chi connectivity index (χ0) is 21.7. The normalized spacial score (nSPS) is 11.0. The van der Waals surface area contributed by atoms with E-state index in [1.807, 2.05) is 43.3 Å². The van der Waals surface area contributed by atoms with Crippen LogP contribution in [0.4, 0.5) is 11.4 Å². The lowest BCUT2D eigenvalue weighted by Gasteiger charge is -2.13. The molecule has 0 spiro atoms. The van der Waals surface area contributed by atoms with Crippen molar-refractivity contribution in [3.05, 3.63) is 88.9 Å². The van der Waals surface area contributed by atoms with Gasteiger partial charge in [-0.2, -0.15) is 0 Å². The zero-order valence-electron chi connectivity index (χ0n) is 16.6. The van der Waals surface area contributed by atoms with Gasteiger partial charge in [-0.25, -0.2) is 8.42 Å². The first kappa shape index (κ1) is 21.7. The summed E-state index contributed by atoms with van der Waals surface area (Å²) in [6.07, 6.45) is 0. The molecule has 3 rings (SSSR count). The summed E-state index contributed by atoms with van der Waals surface area (Å²) < 4.78 is 27.5. The van der Waals surface area contributed by atoms with Gasteiger partial charge in [0.05, 0.1) is 15.6 Å². The third-order valence-electron chi connectivity index (χ3n) is 4.45. The van der Waals surface area contributed by atoms with Crippen LogP contribution in [0.5, 0.6) is 0 Å². The second kappa shape index (κ2) is 9.19. The maximum Gasteiger partial charge on any atom is 0.261 e. The predicted molar refractivity (Wildman–Crippen MR) is 121 cm³/mol. The van der Waals surface area contributed by atoms with E-state index in [1.54, 1.807) is 24.3 Å². The highest BCUT2D eigenvalue weighted by molar-refractivity contribution is 7.92. The summed E-state index contributed by atoms with van der Waals surface area (Å²) >= 11 is 6.01. The number of carbonyl (C=O) groups excluding carboxylic acids is 1. The van der Waals surface area contributed by atoms with Gasteiger partial charge in [0, 0.05) is 31.9 Å². The van der Waals surface area contributed by atoms with Crippen molar-refractivity contribution in [1.82, 2.24) is 5.32 Å². The first-order valence-electron chi connectivity index (χ1n) is 9.18. The van der Waals surface area contributed by atoms with Crippen molar-refractivity contribution in [3.8, 4) is 0 Å². The summed E-state index contributed by atoms with van der Waals surface area (Å²) in [6.45, 7) is 0.376. The lowest BCUT2D eigenvalue weighted by Crippen LogP contribution is -2.23. The van der Waals surface area contributed by atoms with Crippen molar-refractivity contribution in [2.45, 2.75) is 11.4 Å². The molecule has 0 radical (unpaired) electrons. The van der Waals surface area contributed by atoms with Crippen molar-refractivity contribution in [1.29, 1.82) is 0 Å². The van der Waals surface area contributed by atoms with Gasteiger partial charge >= 0.3 is 0 Å². The Morgan fingerprint density at radius 1 is 0.933 bits per heavy atom. The lowest BCUT2D eigenvalue weighted by atomic mass is 10.2. The Morgan fingerprint density at radius 2 is 1.57 bits per heavy atom. The van der Waals surface area contributed by atoms with Crippen LogP contribution in [0.15, 0.2) is 77.7 Å². The SMILES string of the molecule is CN(C)c1ccc(CNC(=O)c2ccc(S(=O)(=O)Nc3ccccc3Cl)cc2)cc1. The summed E-state index contributed by atoms with van der Waals surface area (Å²) in [5.41, 5.74) is 2.71. The number of nitrogens with one attached hydrogen (secondary N) is 2. The Hall–Kier alpha value is -3.03. The first-order chi connectivity index (χ1) is 14.3. The number of para-hydroxylation sites is 1. The topological polar surface area (TPSA) is 78.5 Å². The molecule has 0 aliphatic carbocycles. The molecule has 2 N–H and O–H groups in total. The number of anilines is 2. The van der Waals surface area contributed by atoms with Crippen LogP contribution in [0.3, 0.4) is 0 Å². The Labute approximate surface area is 181 Å². The third kappa shape index (κ3) is 5.31. The number of hydrogen-bond donors (Lipinski definition) is 2. The minimum Gasteiger partial charge on any atom is -0.378 e. The molecule has 3 aromatic rings. The van der Waals surface area contributed by atoms with Crippen molar-refractivity contribution < 1.29 is 13.2 Å². The molecule has 8 heteroatoms.